The zero-order valence-electron chi connectivity index (χ0n) is 25.8. The van der Waals surface area contributed by atoms with Gasteiger partial charge in [-0.1, -0.05) is 50.2 Å². The molecule has 4 aromatic rings. The van der Waals surface area contributed by atoms with Gasteiger partial charge in [0.2, 0.25) is 11.8 Å². The van der Waals surface area contributed by atoms with Gasteiger partial charge in [-0.15, -0.1) is 0 Å². The molecule has 0 bridgehead atoms. The summed E-state index contributed by atoms with van der Waals surface area (Å²) in [5.41, 5.74) is 4.45. The molecule has 1 aliphatic rings. The van der Waals surface area contributed by atoms with Gasteiger partial charge in [0.05, 0.1) is 20.3 Å². The number of carbonyl (C=O) groups excluding carboxylic acids is 1. The molecule has 3 heterocycles. The summed E-state index contributed by atoms with van der Waals surface area (Å²) in [5.74, 6) is -0.306. The van der Waals surface area contributed by atoms with Crippen LogP contribution in [0.3, 0.4) is 0 Å². The molecule has 2 unspecified atom stereocenters. The maximum Gasteiger partial charge on any atom is 0.459 e. The molecule has 1 aliphatic heterocycles. The van der Waals surface area contributed by atoms with E-state index >= 15 is 0 Å². The van der Waals surface area contributed by atoms with Crippen molar-refractivity contribution in [2.24, 2.45) is 5.92 Å². The van der Waals surface area contributed by atoms with Crippen LogP contribution < -0.4 is 20.1 Å². The molecule has 6 atom stereocenters. The number of imidazole rings is 1. The minimum absolute atomic E-state index is 0.0903. The number of hydrogen-bond acceptors (Lipinski definition) is 13. The molecule has 1 saturated heterocycles. The van der Waals surface area contributed by atoms with Gasteiger partial charge >= 0.3 is 13.7 Å². The number of hydrogen-bond donors (Lipinski definition) is 4. The highest BCUT2D eigenvalue weighted by atomic mass is 127. The molecule has 0 radical (unpaired) electrons. The lowest BCUT2D eigenvalue weighted by molar-refractivity contribution is -0.146. The Hall–Kier alpha value is -3.12. The lowest BCUT2D eigenvalue weighted by atomic mass is 9.96. The third kappa shape index (κ3) is 6.93. The second-order valence-electron chi connectivity index (χ2n) is 11.4. The van der Waals surface area contributed by atoms with Crippen molar-refractivity contribution in [3.8, 4) is 11.6 Å². The Balaban J connectivity index is 1.43. The summed E-state index contributed by atoms with van der Waals surface area (Å²) >= 11 is 1.93. The maximum absolute atomic E-state index is 14.3. The van der Waals surface area contributed by atoms with Crippen molar-refractivity contribution in [2.75, 3.05) is 26.1 Å². The van der Waals surface area contributed by atoms with Crippen LogP contribution in [0.1, 0.15) is 33.9 Å². The Bertz CT molecular complexity index is 1780. The first-order valence-electron chi connectivity index (χ1n) is 14.4. The van der Waals surface area contributed by atoms with Gasteiger partial charge in [0.25, 0.3) is 0 Å². The predicted molar refractivity (Wildman–Crippen MR) is 176 cm³/mol. The number of halogens is 1. The van der Waals surface area contributed by atoms with E-state index in [0.717, 1.165) is 5.39 Å². The zero-order chi connectivity index (χ0) is 33.4. The monoisotopic (exact) mass is 770 g/mol. The first-order valence-corrected chi connectivity index (χ1v) is 17.0. The Morgan fingerprint density at radius 2 is 1.91 bits per heavy atom. The summed E-state index contributed by atoms with van der Waals surface area (Å²) in [7, 11) is -2.96. The lowest BCUT2D eigenvalue weighted by Crippen LogP contribution is -2.45. The quantitative estimate of drug-likeness (QED) is 0.0705. The van der Waals surface area contributed by atoms with Crippen molar-refractivity contribution < 1.29 is 42.8 Å². The van der Waals surface area contributed by atoms with E-state index in [9.17, 15) is 19.6 Å². The molecule has 0 spiro atoms. The first kappa shape index (κ1) is 34.2. The number of anilines is 1. The number of nitrogens with one attached hydrogen (secondary N) is 1. The van der Waals surface area contributed by atoms with Crippen LogP contribution in [0.5, 0.6) is 11.6 Å². The largest absolute Gasteiger partial charge is 0.479 e. The van der Waals surface area contributed by atoms with Gasteiger partial charge in [-0.3, -0.25) is 13.9 Å². The van der Waals surface area contributed by atoms with Gasteiger partial charge in [0.1, 0.15) is 29.6 Å². The Morgan fingerprint density at radius 3 is 2.63 bits per heavy atom. The predicted octanol–water partition coefficient (Wildman–Crippen LogP) is 3.57. The van der Waals surface area contributed by atoms with Crippen molar-refractivity contribution in [1.29, 1.82) is 0 Å². The molecule has 15 nitrogen and oxygen atoms in total. The number of nitrogens with zero attached hydrogens (tertiary/aromatic N) is 4. The molecule has 1 fully saturated rings. The smallest absolute Gasteiger partial charge is 0.459 e. The van der Waals surface area contributed by atoms with E-state index in [-0.39, 0.29) is 41.3 Å². The molecular weight excluding hydrogens is 734 g/mol. The summed E-state index contributed by atoms with van der Waals surface area (Å²) in [6.45, 7) is 6.29. The number of fused-ring (bicyclic) bond motifs is 2. The molecule has 2 aromatic carbocycles. The van der Waals surface area contributed by atoms with E-state index < -0.39 is 50.4 Å². The summed E-state index contributed by atoms with van der Waals surface area (Å²) in [4.78, 5) is 25.5. The minimum atomic E-state index is -4.37. The van der Waals surface area contributed by atoms with Gasteiger partial charge in [0.15, 0.2) is 21.2 Å². The highest BCUT2D eigenvalue weighted by molar-refractivity contribution is 14.1. The van der Waals surface area contributed by atoms with Gasteiger partial charge in [-0.2, -0.15) is 15.1 Å². The fourth-order valence-electron chi connectivity index (χ4n) is 4.97. The minimum Gasteiger partial charge on any atom is -0.479 e. The second-order valence-corrected chi connectivity index (χ2v) is 14.1. The zero-order valence-corrected chi connectivity index (χ0v) is 28.8. The number of esters is 1. The number of aromatic nitrogens is 4. The Kier molecular flexibility index (Phi) is 10.1. The van der Waals surface area contributed by atoms with Crippen LogP contribution in [0.2, 0.25) is 0 Å². The van der Waals surface area contributed by atoms with Crippen LogP contribution >= 0.6 is 30.3 Å². The van der Waals surface area contributed by atoms with Crippen molar-refractivity contribution in [2.45, 2.75) is 57.8 Å². The summed E-state index contributed by atoms with van der Waals surface area (Å²) < 4.78 is 44.7. The summed E-state index contributed by atoms with van der Waals surface area (Å²) in [5, 5.41) is 26.8. The fraction of sp³-hybridized carbons (Fsp3) is 0.448. The summed E-state index contributed by atoms with van der Waals surface area (Å²) in [6, 6.07) is 11.5. The number of methoxy groups -OCH3 is 1. The Labute approximate surface area is 278 Å². The topological polar surface area (TPSA) is 202 Å². The molecule has 0 saturated carbocycles. The van der Waals surface area contributed by atoms with E-state index in [1.54, 1.807) is 24.3 Å². The standard InChI is InChI=1S/C29H36IN6O9P/c1-15(2)13-42-25(38)16(3)35-46(40,45-19-12-8-10-17-9-6-7-11-18(17)19)43-14-20-22(37)29(4,39)26(44-20)36-23-21(32-27(36)30)24(41-5)34-28(31)33-23/h6-12,15-16,20,22,26,37,39H,13-14H2,1-5H3,(H,35,40)(H2,31,33,34)/t16-,20+,22+,26?,29+,46?/m0/s1. The molecule has 0 amide bonds. The number of benzene rings is 2. The van der Waals surface area contributed by atoms with Crippen molar-refractivity contribution >= 4 is 64.2 Å². The molecule has 46 heavy (non-hydrogen) atoms. The van der Waals surface area contributed by atoms with Crippen LogP contribution in [0.15, 0.2) is 42.5 Å². The third-order valence-electron chi connectivity index (χ3n) is 7.31. The van der Waals surface area contributed by atoms with Crippen LogP contribution in [0.4, 0.5) is 5.95 Å². The normalized spacial score (nSPS) is 23.5. The van der Waals surface area contributed by atoms with Crippen LogP contribution in [-0.2, 0) is 23.4 Å². The molecule has 17 heteroatoms. The molecule has 5 rings (SSSR count). The number of aliphatic hydroxyl groups excluding tert-OH is 1. The number of aliphatic hydroxyl groups is 2. The Morgan fingerprint density at radius 1 is 1.20 bits per heavy atom. The van der Waals surface area contributed by atoms with E-state index in [1.165, 1.54) is 25.5 Å². The second kappa shape index (κ2) is 13.5. The van der Waals surface area contributed by atoms with Gasteiger partial charge in [0, 0.05) is 28.0 Å². The molecular formula is C29H36IN6O9P. The van der Waals surface area contributed by atoms with Crippen molar-refractivity contribution in [3.05, 3.63) is 46.3 Å². The number of carbonyl (C=O) groups is 1. The third-order valence-corrected chi connectivity index (χ3v) is 9.70. The van der Waals surface area contributed by atoms with Crippen molar-refractivity contribution in [3.63, 3.8) is 0 Å². The van der Waals surface area contributed by atoms with Crippen LogP contribution in [-0.4, -0.2) is 79.9 Å². The van der Waals surface area contributed by atoms with Gasteiger partial charge in [-0.05, 0) is 31.2 Å². The SMILES string of the molecule is COc1nc(N)nc2c1nc(I)n2C1O[C@H](COP(=O)(N[C@@H](C)C(=O)OCC(C)C)Oc2cccc3ccccc23)[C@@H](O)[C@@]1(C)O. The number of ether oxygens (including phenoxy) is 3. The molecule has 0 aliphatic carbocycles. The average molecular weight is 771 g/mol. The molecule has 5 N–H and O–H groups in total. The highest BCUT2D eigenvalue weighted by Gasteiger charge is 2.55. The average Bonchev–Trinajstić information content (AvgIpc) is 3.44. The number of nitrogen functional groups attached to an aromatic ring is 1. The maximum atomic E-state index is 14.3. The fourth-order valence-corrected chi connectivity index (χ4v) is 7.22. The van der Waals surface area contributed by atoms with E-state index in [1.807, 2.05) is 54.6 Å². The van der Waals surface area contributed by atoms with E-state index in [2.05, 4.69) is 20.0 Å². The van der Waals surface area contributed by atoms with E-state index in [0.29, 0.717) is 9.22 Å². The summed E-state index contributed by atoms with van der Waals surface area (Å²) in [6.07, 6.45) is -3.99. The van der Waals surface area contributed by atoms with Crippen molar-refractivity contribution in [1.82, 2.24) is 24.6 Å². The van der Waals surface area contributed by atoms with Crippen LogP contribution in [0.25, 0.3) is 21.9 Å². The first-order chi connectivity index (χ1) is 21.7. The number of nitrogens with two attached hydrogens (primary N) is 1. The lowest BCUT2D eigenvalue weighted by Gasteiger charge is -2.28. The number of rotatable bonds is 12. The molecule has 248 valence electrons. The van der Waals surface area contributed by atoms with E-state index in [4.69, 9.17) is 29.0 Å². The van der Waals surface area contributed by atoms with Gasteiger partial charge in [-0.25, -0.2) is 9.55 Å². The van der Waals surface area contributed by atoms with Crippen LogP contribution in [0, 0.1) is 9.75 Å². The molecule has 2 aromatic heterocycles. The van der Waals surface area contributed by atoms with Gasteiger partial charge < -0.3 is 34.7 Å². The highest BCUT2D eigenvalue weighted by Crippen LogP contribution is 2.49.